The molecule has 0 aliphatic rings. The Morgan fingerprint density at radius 3 is 2.92 bits per heavy atom. The molecule has 24 heavy (non-hydrogen) atoms. The van der Waals surface area contributed by atoms with Crippen molar-refractivity contribution in [2.45, 2.75) is 0 Å². The number of primary amides is 1. The number of amides is 1. The number of rotatable bonds is 6. The molecule has 0 aromatic carbocycles. The number of fused-ring (bicyclic) bond motifs is 1. The minimum atomic E-state index is -0.531. The van der Waals surface area contributed by atoms with Gasteiger partial charge in [0.15, 0.2) is 5.65 Å². The minimum Gasteiger partial charge on any atom is -0.475 e. The topological polar surface area (TPSA) is 127 Å². The van der Waals surface area contributed by atoms with E-state index < -0.39 is 5.91 Å². The molecule has 0 aliphatic carbocycles. The highest BCUT2D eigenvalue weighted by molar-refractivity contribution is 5.93. The Morgan fingerprint density at radius 1 is 1.33 bits per heavy atom. The summed E-state index contributed by atoms with van der Waals surface area (Å²) < 4.78 is 5.22. The first-order valence-electron chi connectivity index (χ1n) is 7.19. The molecule has 3 heterocycles. The van der Waals surface area contributed by atoms with E-state index in [0.717, 1.165) is 5.56 Å². The van der Waals surface area contributed by atoms with Crippen LogP contribution in [0.5, 0.6) is 5.88 Å². The zero-order chi connectivity index (χ0) is 16.9. The van der Waals surface area contributed by atoms with Crippen molar-refractivity contribution in [1.29, 1.82) is 0 Å². The number of pyridine rings is 1. The molecule has 0 bridgehead atoms. The van der Waals surface area contributed by atoms with Crippen LogP contribution in [0.25, 0.3) is 28.5 Å². The molecule has 0 saturated heterocycles. The van der Waals surface area contributed by atoms with E-state index >= 15 is 0 Å². The average Bonchev–Trinajstić information content (AvgIpc) is 3.01. The van der Waals surface area contributed by atoms with Crippen molar-refractivity contribution < 1.29 is 14.6 Å². The van der Waals surface area contributed by atoms with Gasteiger partial charge in [-0.3, -0.25) is 4.79 Å². The van der Waals surface area contributed by atoms with Gasteiger partial charge < -0.3 is 20.6 Å². The van der Waals surface area contributed by atoms with Gasteiger partial charge in [0, 0.05) is 35.7 Å². The van der Waals surface area contributed by atoms with E-state index in [1.807, 2.05) is 0 Å². The molecular formula is C16H15N5O3. The van der Waals surface area contributed by atoms with Crippen LogP contribution < -0.4 is 10.5 Å². The van der Waals surface area contributed by atoms with Crippen LogP contribution in [-0.4, -0.2) is 44.2 Å². The number of aliphatic hydroxyl groups excluding tert-OH is 1. The van der Waals surface area contributed by atoms with Crippen LogP contribution in [0.3, 0.4) is 0 Å². The van der Waals surface area contributed by atoms with Crippen LogP contribution in [0, 0.1) is 0 Å². The zero-order valence-corrected chi connectivity index (χ0v) is 12.6. The Hall–Kier alpha value is -3.26. The zero-order valence-electron chi connectivity index (χ0n) is 12.6. The summed E-state index contributed by atoms with van der Waals surface area (Å²) in [6.45, 7) is 0.123. The third-order valence-corrected chi connectivity index (χ3v) is 3.21. The minimum absolute atomic E-state index is 0.0688. The summed E-state index contributed by atoms with van der Waals surface area (Å²) in [5, 5.41) is 8.74. The lowest BCUT2D eigenvalue weighted by molar-refractivity contribution is -0.113. The highest BCUT2D eigenvalue weighted by atomic mass is 16.5. The fourth-order valence-corrected chi connectivity index (χ4v) is 2.12. The Balaban J connectivity index is 1.92. The molecule has 122 valence electrons. The second-order valence-electron chi connectivity index (χ2n) is 4.89. The number of nitrogens with one attached hydrogen (secondary N) is 1. The predicted molar refractivity (Wildman–Crippen MR) is 87.9 cm³/mol. The van der Waals surface area contributed by atoms with Gasteiger partial charge in [-0.15, -0.1) is 0 Å². The first-order valence-corrected chi connectivity index (χ1v) is 7.19. The number of aromatic amines is 1. The molecule has 0 radical (unpaired) electrons. The Bertz CT molecular complexity index is 886. The molecule has 0 spiro atoms. The molecule has 8 heteroatoms. The second kappa shape index (κ2) is 6.88. The van der Waals surface area contributed by atoms with Crippen LogP contribution in [0.1, 0.15) is 5.56 Å². The van der Waals surface area contributed by atoms with Gasteiger partial charge in [0.25, 0.3) is 0 Å². The number of ether oxygens (including phenoxy) is 1. The van der Waals surface area contributed by atoms with Crippen LogP contribution in [0.2, 0.25) is 0 Å². The van der Waals surface area contributed by atoms with Gasteiger partial charge in [-0.25, -0.2) is 15.0 Å². The summed E-state index contributed by atoms with van der Waals surface area (Å²) in [7, 11) is 0. The highest BCUT2D eigenvalue weighted by Crippen LogP contribution is 2.22. The third kappa shape index (κ3) is 3.39. The molecule has 0 aliphatic heterocycles. The highest BCUT2D eigenvalue weighted by Gasteiger charge is 2.08. The molecule has 3 aromatic rings. The smallest absolute Gasteiger partial charge is 0.241 e. The van der Waals surface area contributed by atoms with Gasteiger partial charge in [-0.1, -0.05) is 0 Å². The predicted octanol–water partition coefficient (Wildman–Crippen LogP) is 0.890. The van der Waals surface area contributed by atoms with Crippen molar-refractivity contribution in [3.05, 3.63) is 42.4 Å². The van der Waals surface area contributed by atoms with Crippen molar-refractivity contribution in [2.24, 2.45) is 5.73 Å². The van der Waals surface area contributed by atoms with Crippen LogP contribution >= 0.6 is 0 Å². The lowest BCUT2D eigenvalue weighted by Gasteiger charge is -2.04. The fraction of sp³-hybridized carbons (Fsp3) is 0.125. The monoisotopic (exact) mass is 325 g/mol. The van der Waals surface area contributed by atoms with Crippen molar-refractivity contribution in [2.75, 3.05) is 13.2 Å². The molecule has 0 atom stereocenters. The van der Waals surface area contributed by atoms with Gasteiger partial charge in [-0.2, -0.15) is 0 Å². The lowest BCUT2D eigenvalue weighted by Crippen LogP contribution is -2.05. The van der Waals surface area contributed by atoms with E-state index in [9.17, 15) is 4.79 Å². The normalized spacial score (nSPS) is 11.2. The third-order valence-electron chi connectivity index (χ3n) is 3.21. The molecule has 3 aromatic heterocycles. The van der Waals surface area contributed by atoms with E-state index in [1.54, 1.807) is 36.8 Å². The van der Waals surface area contributed by atoms with Gasteiger partial charge in [-0.05, 0) is 12.1 Å². The lowest BCUT2D eigenvalue weighted by atomic mass is 10.2. The molecule has 1 amide bonds. The fourth-order valence-electron chi connectivity index (χ4n) is 2.12. The SMILES string of the molecule is NC(=O)C=Cc1c[nH]c2ncc(-c3ccc(OCCO)nc3)nc12. The summed E-state index contributed by atoms with van der Waals surface area (Å²) in [5.41, 5.74) is 8.48. The van der Waals surface area contributed by atoms with E-state index in [4.69, 9.17) is 15.6 Å². The van der Waals surface area contributed by atoms with Crippen LogP contribution in [-0.2, 0) is 4.79 Å². The summed E-state index contributed by atoms with van der Waals surface area (Å²) in [6, 6.07) is 3.50. The first kappa shape index (κ1) is 15.6. The number of nitrogens with zero attached hydrogens (tertiary/aromatic N) is 3. The molecule has 0 fully saturated rings. The number of H-pyrrole nitrogens is 1. The Morgan fingerprint density at radius 2 is 2.21 bits per heavy atom. The average molecular weight is 325 g/mol. The standard InChI is InChI=1S/C16H15N5O3/c17-13(23)3-1-11-8-19-16-15(11)21-12(9-20-16)10-2-4-14(18-7-10)24-6-5-22/h1-4,7-9,22H,5-6H2,(H2,17,23)(H,19,20). The largest absolute Gasteiger partial charge is 0.475 e. The first-order chi connectivity index (χ1) is 11.7. The summed E-state index contributed by atoms with van der Waals surface area (Å²) in [4.78, 5) is 26.9. The van der Waals surface area contributed by atoms with Gasteiger partial charge in [0.1, 0.15) is 12.1 Å². The van der Waals surface area contributed by atoms with E-state index in [1.165, 1.54) is 6.08 Å². The van der Waals surface area contributed by atoms with E-state index in [-0.39, 0.29) is 13.2 Å². The summed E-state index contributed by atoms with van der Waals surface area (Å²) in [6.07, 6.45) is 7.81. The maximum Gasteiger partial charge on any atom is 0.241 e. The van der Waals surface area contributed by atoms with Crippen LogP contribution in [0.15, 0.2) is 36.8 Å². The maximum atomic E-state index is 10.9. The number of aromatic nitrogens is 4. The Kier molecular flexibility index (Phi) is 4.48. The maximum absolute atomic E-state index is 10.9. The number of carbonyl (C=O) groups is 1. The molecule has 3 rings (SSSR count). The quantitative estimate of drug-likeness (QED) is 0.578. The van der Waals surface area contributed by atoms with Crippen molar-refractivity contribution in [3.8, 4) is 17.1 Å². The van der Waals surface area contributed by atoms with Crippen molar-refractivity contribution in [3.63, 3.8) is 0 Å². The van der Waals surface area contributed by atoms with E-state index in [0.29, 0.717) is 28.3 Å². The number of hydrogen-bond donors (Lipinski definition) is 3. The molecule has 8 nitrogen and oxygen atoms in total. The molecule has 0 saturated carbocycles. The number of nitrogens with two attached hydrogens (primary N) is 1. The number of carbonyl (C=O) groups excluding carboxylic acids is 1. The Labute approximate surface area is 137 Å². The summed E-state index contributed by atoms with van der Waals surface area (Å²) >= 11 is 0. The van der Waals surface area contributed by atoms with Gasteiger partial charge in [0.2, 0.25) is 11.8 Å². The molecule has 4 N–H and O–H groups in total. The molecular weight excluding hydrogens is 310 g/mol. The van der Waals surface area contributed by atoms with Crippen LogP contribution in [0.4, 0.5) is 0 Å². The molecule has 0 unspecified atom stereocenters. The van der Waals surface area contributed by atoms with Gasteiger partial charge >= 0.3 is 0 Å². The second-order valence-corrected chi connectivity index (χ2v) is 4.89. The van der Waals surface area contributed by atoms with Crippen molar-refractivity contribution >= 4 is 23.1 Å². The number of hydrogen-bond acceptors (Lipinski definition) is 6. The number of aliphatic hydroxyl groups is 1. The van der Waals surface area contributed by atoms with E-state index in [2.05, 4.69) is 19.9 Å². The van der Waals surface area contributed by atoms with Crippen molar-refractivity contribution in [1.82, 2.24) is 19.9 Å². The summed E-state index contributed by atoms with van der Waals surface area (Å²) in [5.74, 6) is -0.107. The van der Waals surface area contributed by atoms with Gasteiger partial charge in [0.05, 0.1) is 18.5 Å².